The van der Waals surface area contributed by atoms with Gasteiger partial charge in [-0.25, -0.2) is 4.79 Å². The van der Waals surface area contributed by atoms with E-state index in [9.17, 15) is 14.7 Å². The SMILES string of the molecule is Cc1ccc(Cl)c(OCC2(O)CCN(Cc3ccc(OCCCN4C(=O)CN(C)C4=O)cc3)CC2)c1. The molecular weight excluding hydrogens is 482 g/mol. The van der Waals surface area contributed by atoms with Gasteiger partial charge in [0.1, 0.15) is 30.3 Å². The summed E-state index contributed by atoms with van der Waals surface area (Å²) >= 11 is 6.21. The fourth-order valence-corrected chi connectivity index (χ4v) is 4.63. The molecule has 0 radical (unpaired) electrons. The number of aryl methyl sites for hydroxylation is 1. The van der Waals surface area contributed by atoms with Crippen molar-refractivity contribution in [3.8, 4) is 11.5 Å². The van der Waals surface area contributed by atoms with Crippen LogP contribution in [-0.4, -0.2) is 83.8 Å². The van der Waals surface area contributed by atoms with Crippen molar-refractivity contribution in [3.63, 3.8) is 0 Å². The lowest BCUT2D eigenvalue weighted by atomic mass is 9.92. The summed E-state index contributed by atoms with van der Waals surface area (Å²) in [5.41, 5.74) is 1.38. The summed E-state index contributed by atoms with van der Waals surface area (Å²) < 4.78 is 11.6. The number of hydrogen-bond acceptors (Lipinski definition) is 6. The molecule has 8 nitrogen and oxygen atoms in total. The number of hydrogen-bond donors (Lipinski definition) is 1. The third kappa shape index (κ3) is 6.69. The highest BCUT2D eigenvalue weighted by atomic mass is 35.5. The number of halogens is 1. The number of nitrogens with zero attached hydrogens (tertiary/aromatic N) is 3. The van der Waals surface area contributed by atoms with Crippen LogP contribution in [0.3, 0.4) is 0 Å². The average molecular weight is 516 g/mol. The average Bonchev–Trinajstić information content (AvgIpc) is 3.10. The Balaban J connectivity index is 1.16. The van der Waals surface area contributed by atoms with E-state index in [0.29, 0.717) is 43.2 Å². The normalized spacial score (nSPS) is 18.1. The Morgan fingerprint density at radius 1 is 1.06 bits per heavy atom. The van der Waals surface area contributed by atoms with Crippen LogP contribution in [0.15, 0.2) is 42.5 Å². The quantitative estimate of drug-likeness (QED) is 0.383. The van der Waals surface area contributed by atoms with Gasteiger partial charge in [0.05, 0.1) is 11.6 Å². The predicted molar refractivity (Wildman–Crippen MR) is 137 cm³/mol. The molecule has 2 heterocycles. The van der Waals surface area contributed by atoms with Crippen LogP contribution in [0, 0.1) is 6.92 Å². The van der Waals surface area contributed by atoms with Crippen LogP contribution in [0.4, 0.5) is 4.79 Å². The molecule has 2 saturated heterocycles. The van der Waals surface area contributed by atoms with Crippen molar-refractivity contribution in [2.24, 2.45) is 0 Å². The first-order chi connectivity index (χ1) is 17.2. The molecule has 2 aliphatic heterocycles. The van der Waals surface area contributed by atoms with Crippen molar-refractivity contribution in [2.75, 3.05) is 46.4 Å². The second-order valence-corrected chi connectivity index (χ2v) is 10.2. The zero-order chi connectivity index (χ0) is 25.7. The maximum Gasteiger partial charge on any atom is 0.326 e. The number of aliphatic hydroxyl groups is 1. The molecule has 3 amide bonds. The van der Waals surface area contributed by atoms with E-state index in [-0.39, 0.29) is 25.1 Å². The number of amides is 3. The fraction of sp³-hybridized carbons (Fsp3) is 0.481. The van der Waals surface area contributed by atoms with E-state index in [1.807, 2.05) is 49.4 Å². The van der Waals surface area contributed by atoms with E-state index in [4.69, 9.17) is 21.1 Å². The molecule has 36 heavy (non-hydrogen) atoms. The zero-order valence-electron chi connectivity index (χ0n) is 20.9. The number of benzene rings is 2. The van der Waals surface area contributed by atoms with E-state index >= 15 is 0 Å². The lowest BCUT2D eigenvalue weighted by Gasteiger charge is -2.38. The molecule has 9 heteroatoms. The Bertz CT molecular complexity index is 1070. The van der Waals surface area contributed by atoms with Gasteiger partial charge in [0.2, 0.25) is 5.91 Å². The Hall–Kier alpha value is -2.81. The molecular formula is C27H34ClN3O5. The second-order valence-electron chi connectivity index (χ2n) is 9.75. The topological polar surface area (TPSA) is 82.6 Å². The van der Waals surface area contributed by atoms with Gasteiger partial charge >= 0.3 is 6.03 Å². The van der Waals surface area contributed by atoms with Gasteiger partial charge in [0.25, 0.3) is 0 Å². The Morgan fingerprint density at radius 3 is 2.44 bits per heavy atom. The standard InChI is InChI=1S/C27H34ClN3O5/c1-20-4-9-23(28)24(16-20)36-19-27(34)10-13-30(14-11-27)17-21-5-7-22(8-6-21)35-15-3-12-31-25(32)18-29(2)26(31)33/h4-9,16,34H,3,10-15,17-19H2,1-2H3. The number of ether oxygens (including phenoxy) is 2. The molecule has 2 aromatic carbocycles. The van der Waals surface area contributed by atoms with E-state index < -0.39 is 5.60 Å². The van der Waals surface area contributed by atoms with Gasteiger partial charge in [-0.1, -0.05) is 29.8 Å². The third-order valence-electron chi connectivity index (χ3n) is 6.73. The monoisotopic (exact) mass is 515 g/mol. The van der Waals surface area contributed by atoms with E-state index in [1.165, 1.54) is 15.4 Å². The summed E-state index contributed by atoms with van der Waals surface area (Å²) in [4.78, 5) is 28.7. The number of carbonyl (C=O) groups is 2. The molecule has 2 aliphatic rings. The van der Waals surface area contributed by atoms with Gasteiger partial charge in [-0.2, -0.15) is 0 Å². The van der Waals surface area contributed by atoms with E-state index in [1.54, 1.807) is 7.05 Å². The van der Waals surface area contributed by atoms with Crippen LogP contribution in [0.2, 0.25) is 5.02 Å². The maximum absolute atomic E-state index is 11.9. The molecule has 0 spiro atoms. The number of rotatable bonds is 10. The Kier molecular flexibility index (Phi) is 8.39. The number of piperidine rings is 1. The fourth-order valence-electron chi connectivity index (χ4n) is 4.46. The summed E-state index contributed by atoms with van der Waals surface area (Å²) in [5.74, 6) is 1.21. The first-order valence-corrected chi connectivity index (χ1v) is 12.7. The van der Waals surface area contributed by atoms with Crippen LogP contribution in [0.25, 0.3) is 0 Å². The van der Waals surface area contributed by atoms with Gasteiger partial charge in [-0.05, 0) is 61.6 Å². The van der Waals surface area contributed by atoms with Crippen molar-refractivity contribution in [1.82, 2.24) is 14.7 Å². The smallest absolute Gasteiger partial charge is 0.326 e. The van der Waals surface area contributed by atoms with E-state index in [2.05, 4.69) is 4.90 Å². The van der Waals surface area contributed by atoms with Crippen LogP contribution in [-0.2, 0) is 11.3 Å². The molecule has 0 aromatic heterocycles. The van der Waals surface area contributed by atoms with Gasteiger partial charge in [-0.15, -0.1) is 0 Å². The zero-order valence-corrected chi connectivity index (χ0v) is 21.7. The minimum atomic E-state index is -0.860. The predicted octanol–water partition coefficient (Wildman–Crippen LogP) is 3.72. The highest BCUT2D eigenvalue weighted by molar-refractivity contribution is 6.32. The van der Waals surface area contributed by atoms with Gasteiger partial charge < -0.3 is 19.5 Å². The van der Waals surface area contributed by atoms with Gasteiger partial charge in [0, 0.05) is 33.2 Å². The molecule has 1 N–H and O–H groups in total. The number of likely N-dealkylation sites (N-methyl/N-ethyl adjacent to an activating group) is 1. The van der Waals surface area contributed by atoms with E-state index in [0.717, 1.165) is 30.9 Å². The van der Waals surface area contributed by atoms with Crippen molar-refractivity contribution in [1.29, 1.82) is 0 Å². The molecule has 2 aromatic rings. The minimum absolute atomic E-state index is 0.146. The third-order valence-corrected chi connectivity index (χ3v) is 7.04. The molecule has 0 bridgehead atoms. The van der Waals surface area contributed by atoms with Crippen molar-refractivity contribution in [2.45, 2.75) is 38.3 Å². The summed E-state index contributed by atoms with van der Waals surface area (Å²) in [6.07, 6.45) is 1.86. The van der Waals surface area contributed by atoms with Crippen LogP contribution < -0.4 is 9.47 Å². The molecule has 0 saturated carbocycles. The number of urea groups is 1. The highest BCUT2D eigenvalue weighted by Gasteiger charge is 2.34. The van der Waals surface area contributed by atoms with Crippen molar-refractivity contribution >= 4 is 23.5 Å². The van der Waals surface area contributed by atoms with Crippen molar-refractivity contribution in [3.05, 3.63) is 58.6 Å². The van der Waals surface area contributed by atoms with Crippen LogP contribution in [0.5, 0.6) is 11.5 Å². The maximum atomic E-state index is 11.9. The Labute approximate surface area is 217 Å². The lowest BCUT2D eigenvalue weighted by Crippen LogP contribution is -2.47. The minimum Gasteiger partial charge on any atom is -0.494 e. The largest absolute Gasteiger partial charge is 0.494 e. The number of likely N-dealkylation sites (tertiary alicyclic amines) is 1. The molecule has 0 aliphatic carbocycles. The first kappa shape index (κ1) is 26.3. The van der Waals surface area contributed by atoms with Gasteiger partial charge in [0.15, 0.2) is 0 Å². The van der Waals surface area contributed by atoms with Gasteiger partial charge in [-0.3, -0.25) is 14.6 Å². The molecule has 4 rings (SSSR count). The second kappa shape index (κ2) is 11.5. The summed E-state index contributed by atoms with van der Waals surface area (Å²) in [5, 5.41) is 11.5. The summed E-state index contributed by atoms with van der Waals surface area (Å²) in [7, 11) is 1.62. The summed E-state index contributed by atoms with van der Waals surface area (Å²) in [6, 6.07) is 13.4. The summed E-state index contributed by atoms with van der Waals surface area (Å²) in [6.45, 7) is 5.51. The molecule has 2 fully saturated rings. The first-order valence-electron chi connectivity index (χ1n) is 12.3. The van der Waals surface area contributed by atoms with Crippen LogP contribution in [0.1, 0.15) is 30.4 Å². The molecule has 0 atom stereocenters. The highest BCUT2D eigenvalue weighted by Crippen LogP contribution is 2.29. The molecule has 0 unspecified atom stereocenters. The van der Waals surface area contributed by atoms with Crippen LogP contribution >= 0.6 is 11.6 Å². The number of carbonyl (C=O) groups excluding carboxylic acids is 2. The number of imide groups is 1. The molecule has 194 valence electrons. The van der Waals surface area contributed by atoms with Crippen molar-refractivity contribution < 1.29 is 24.2 Å². The Morgan fingerprint density at radius 2 is 1.78 bits per heavy atom. The lowest BCUT2D eigenvalue weighted by molar-refractivity contribution is -0.125.